The van der Waals surface area contributed by atoms with Crippen LogP contribution in [-0.2, 0) is 0 Å². The molecule has 0 radical (unpaired) electrons. The predicted octanol–water partition coefficient (Wildman–Crippen LogP) is 1.04. The van der Waals surface area contributed by atoms with Crippen molar-refractivity contribution in [1.29, 1.82) is 5.41 Å². The summed E-state index contributed by atoms with van der Waals surface area (Å²) in [6, 6.07) is 0.156. The Morgan fingerprint density at radius 2 is 2.08 bits per heavy atom. The first kappa shape index (κ1) is 9.00. The summed E-state index contributed by atoms with van der Waals surface area (Å²) in [4.78, 5) is 2.35. The van der Waals surface area contributed by atoms with Crippen molar-refractivity contribution in [3.05, 3.63) is 0 Å². The highest BCUT2D eigenvalue weighted by Gasteiger charge is 2.37. The summed E-state index contributed by atoms with van der Waals surface area (Å²) in [5.74, 6) is 2.22. The summed E-state index contributed by atoms with van der Waals surface area (Å²) in [6.45, 7) is 4.35. The molecule has 2 aliphatic rings. The number of likely N-dealkylation sites (tertiary alicyclic amines) is 1. The molecule has 1 aliphatic carbocycles. The Bertz CT molecular complexity index is 210. The third kappa shape index (κ3) is 1.85. The molecule has 3 N–H and O–H groups in total. The van der Waals surface area contributed by atoms with Crippen LogP contribution in [0.4, 0.5) is 0 Å². The lowest BCUT2D eigenvalue weighted by atomic mass is 10.0. The van der Waals surface area contributed by atoms with Gasteiger partial charge in [-0.3, -0.25) is 10.3 Å². The van der Waals surface area contributed by atoms with E-state index >= 15 is 0 Å². The van der Waals surface area contributed by atoms with E-state index in [9.17, 15) is 0 Å². The van der Waals surface area contributed by atoms with Gasteiger partial charge in [-0.25, -0.2) is 0 Å². The second-order valence-corrected chi connectivity index (χ2v) is 4.51. The summed E-state index contributed by atoms with van der Waals surface area (Å²) in [5.41, 5.74) is 5.49. The predicted molar refractivity (Wildman–Crippen MR) is 53.8 cm³/mol. The molecule has 2 atom stereocenters. The Kier molecular flexibility index (Phi) is 2.28. The Hall–Kier alpha value is -0.570. The van der Waals surface area contributed by atoms with Gasteiger partial charge < -0.3 is 5.73 Å². The zero-order valence-electron chi connectivity index (χ0n) is 8.29. The van der Waals surface area contributed by atoms with Gasteiger partial charge in [-0.15, -0.1) is 0 Å². The molecule has 1 saturated carbocycles. The zero-order valence-corrected chi connectivity index (χ0v) is 8.29. The maximum Gasteiger partial charge on any atom is 0.108 e. The highest BCUT2D eigenvalue weighted by atomic mass is 15.2. The number of nitrogens with one attached hydrogen (secondary N) is 1. The molecule has 1 heterocycles. The van der Waals surface area contributed by atoms with Crippen molar-refractivity contribution in [2.24, 2.45) is 17.6 Å². The minimum atomic E-state index is 0.156. The Balaban J connectivity index is 1.86. The van der Waals surface area contributed by atoms with Crippen molar-refractivity contribution in [2.75, 3.05) is 13.1 Å². The first-order chi connectivity index (χ1) is 6.18. The summed E-state index contributed by atoms with van der Waals surface area (Å²) >= 11 is 0. The van der Waals surface area contributed by atoms with Crippen LogP contribution in [0, 0.1) is 17.2 Å². The van der Waals surface area contributed by atoms with Gasteiger partial charge in [-0.1, -0.05) is 0 Å². The Morgan fingerprint density at radius 1 is 1.38 bits per heavy atom. The Labute approximate surface area is 79.8 Å². The average molecular weight is 181 g/mol. The van der Waals surface area contributed by atoms with Gasteiger partial charge >= 0.3 is 0 Å². The van der Waals surface area contributed by atoms with Crippen molar-refractivity contribution < 1.29 is 0 Å². The SMILES string of the molecule is CC(C(=N)N)N1CCC(C2CC2)C1. The second-order valence-electron chi connectivity index (χ2n) is 4.51. The van der Waals surface area contributed by atoms with Gasteiger partial charge in [0.25, 0.3) is 0 Å². The third-order valence-electron chi connectivity index (χ3n) is 3.54. The largest absolute Gasteiger partial charge is 0.386 e. The number of hydrogen-bond donors (Lipinski definition) is 2. The van der Waals surface area contributed by atoms with Gasteiger partial charge in [-0.2, -0.15) is 0 Å². The smallest absolute Gasteiger partial charge is 0.108 e. The minimum absolute atomic E-state index is 0.156. The van der Waals surface area contributed by atoms with Crippen molar-refractivity contribution in [3.63, 3.8) is 0 Å². The molecule has 3 heteroatoms. The molecule has 3 nitrogen and oxygen atoms in total. The molecule has 0 spiro atoms. The summed E-state index contributed by atoms with van der Waals surface area (Å²) in [7, 11) is 0. The minimum Gasteiger partial charge on any atom is -0.386 e. The van der Waals surface area contributed by atoms with Crippen molar-refractivity contribution in [1.82, 2.24) is 4.90 Å². The highest BCUT2D eigenvalue weighted by Crippen LogP contribution is 2.41. The lowest BCUT2D eigenvalue weighted by Gasteiger charge is -2.22. The summed E-state index contributed by atoms with van der Waals surface area (Å²) < 4.78 is 0. The number of amidine groups is 1. The molecule has 2 fully saturated rings. The number of hydrogen-bond acceptors (Lipinski definition) is 2. The van der Waals surface area contributed by atoms with Crippen LogP contribution >= 0.6 is 0 Å². The molecule has 74 valence electrons. The van der Waals surface area contributed by atoms with E-state index in [1.54, 1.807) is 0 Å². The summed E-state index contributed by atoms with van der Waals surface area (Å²) in [6.07, 6.45) is 4.20. The van der Waals surface area contributed by atoms with Crippen LogP contribution < -0.4 is 5.73 Å². The maximum absolute atomic E-state index is 7.39. The van der Waals surface area contributed by atoms with Crippen molar-refractivity contribution >= 4 is 5.84 Å². The van der Waals surface area contributed by atoms with E-state index in [1.807, 2.05) is 6.92 Å². The fourth-order valence-corrected chi connectivity index (χ4v) is 2.32. The highest BCUT2D eigenvalue weighted by molar-refractivity contribution is 5.82. The fourth-order valence-electron chi connectivity index (χ4n) is 2.32. The van der Waals surface area contributed by atoms with Crippen molar-refractivity contribution in [3.8, 4) is 0 Å². The monoisotopic (exact) mass is 181 g/mol. The Morgan fingerprint density at radius 3 is 2.62 bits per heavy atom. The average Bonchev–Trinajstić information content (AvgIpc) is 2.83. The lowest BCUT2D eigenvalue weighted by Crippen LogP contribution is -2.40. The van der Waals surface area contributed by atoms with E-state index in [0.717, 1.165) is 18.4 Å². The van der Waals surface area contributed by atoms with Gasteiger partial charge in [0.05, 0.1) is 6.04 Å². The van der Waals surface area contributed by atoms with Crippen LogP contribution in [0.15, 0.2) is 0 Å². The van der Waals surface area contributed by atoms with E-state index in [1.165, 1.54) is 25.8 Å². The molecule has 13 heavy (non-hydrogen) atoms. The molecule has 0 amide bonds. The van der Waals surface area contributed by atoms with Gasteiger partial charge in [0.1, 0.15) is 5.84 Å². The first-order valence-corrected chi connectivity index (χ1v) is 5.26. The van der Waals surface area contributed by atoms with E-state index in [2.05, 4.69) is 4.90 Å². The van der Waals surface area contributed by atoms with E-state index < -0.39 is 0 Å². The normalized spacial score (nSPS) is 31.9. The number of nitrogens with two attached hydrogens (primary N) is 1. The number of nitrogens with zero attached hydrogens (tertiary/aromatic N) is 1. The summed E-state index contributed by atoms with van der Waals surface area (Å²) in [5, 5.41) is 7.39. The van der Waals surface area contributed by atoms with Crippen LogP contribution in [0.3, 0.4) is 0 Å². The van der Waals surface area contributed by atoms with Gasteiger partial charge in [0.2, 0.25) is 0 Å². The first-order valence-electron chi connectivity index (χ1n) is 5.26. The van der Waals surface area contributed by atoms with Crippen molar-refractivity contribution in [2.45, 2.75) is 32.2 Å². The molecule has 0 aromatic heterocycles. The van der Waals surface area contributed by atoms with Crippen LogP contribution in [-0.4, -0.2) is 29.9 Å². The molecule has 0 aromatic carbocycles. The quantitative estimate of drug-likeness (QED) is 0.505. The molecule has 0 bridgehead atoms. The molecular weight excluding hydrogens is 162 g/mol. The molecule has 2 rings (SSSR count). The lowest BCUT2D eigenvalue weighted by molar-refractivity contribution is 0.294. The zero-order chi connectivity index (χ0) is 9.42. The third-order valence-corrected chi connectivity index (χ3v) is 3.54. The van der Waals surface area contributed by atoms with Crippen LogP contribution in [0.1, 0.15) is 26.2 Å². The standard InChI is InChI=1S/C10H19N3/c1-7(10(11)12)13-5-4-9(6-13)8-2-3-8/h7-9H,2-6H2,1H3,(H3,11,12). The molecule has 2 unspecified atom stereocenters. The van der Waals surface area contributed by atoms with Gasteiger partial charge in [0, 0.05) is 6.54 Å². The fraction of sp³-hybridized carbons (Fsp3) is 0.900. The topological polar surface area (TPSA) is 53.1 Å². The molecule has 1 aliphatic heterocycles. The molecular formula is C10H19N3. The molecule has 0 aromatic rings. The van der Waals surface area contributed by atoms with E-state index in [0.29, 0.717) is 5.84 Å². The van der Waals surface area contributed by atoms with Gasteiger partial charge in [-0.05, 0) is 44.6 Å². The van der Waals surface area contributed by atoms with Crippen LogP contribution in [0.25, 0.3) is 0 Å². The van der Waals surface area contributed by atoms with Crippen LogP contribution in [0.2, 0.25) is 0 Å². The maximum atomic E-state index is 7.39. The second kappa shape index (κ2) is 3.29. The van der Waals surface area contributed by atoms with Gasteiger partial charge in [0.15, 0.2) is 0 Å². The molecule has 1 saturated heterocycles. The van der Waals surface area contributed by atoms with E-state index in [-0.39, 0.29) is 6.04 Å². The van der Waals surface area contributed by atoms with E-state index in [4.69, 9.17) is 11.1 Å². The van der Waals surface area contributed by atoms with Crippen LogP contribution in [0.5, 0.6) is 0 Å². The number of rotatable bonds is 3.